The van der Waals surface area contributed by atoms with Crippen LogP contribution in [0.5, 0.6) is 0 Å². The summed E-state index contributed by atoms with van der Waals surface area (Å²) in [5.41, 5.74) is 7.86. The summed E-state index contributed by atoms with van der Waals surface area (Å²) in [4.78, 5) is 2.51. The molecule has 0 spiro atoms. The number of nitrogens with two attached hydrogens (primary N) is 1. The first kappa shape index (κ1) is 11.8. The summed E-state index contributed by atoms with van der Waals surface area (Å²) < 4.78 is 1.10. The molecule has 0 radical (unpaired) electrons. The standard InChI is InChI=1S/C13H19BrN2/c1-9-4-3-5-10(2)16(9)13-7-6-11(15)8-12(13)14/h6-10H,3-5,15H2,1-2H3/t9-,10-/m0/s1. The Balaban J connectivity index is 2.34. The Morgan fingerprint density at radius 2 is 1.88 bits per heavy atom. The highest BCUT2D eigenvalue weighted by atomic mass is 79.9. The zero-order chi connectivity index (χ0) is 11.7. The van der Waals surface area contributed by atoms with Crippen LogP contribution in [0.25, 0.3) is 0 Å². The molecule has 16 heavy (non-hydrogen) atoms. The third kappa shape index (κ3) is 2.19. The highest BCUT2D eigenvalue weighted by Crippen LogP contribution is 2.35. The fourth-order valence-electron chi connectivity index (χ4n) is 2.63. The van der Waals surface area contributed by atoms with Gasteiger partial charge in [-0.3, -0.25) is 0 Å². The molecule has 0 saturated carbocycles. The quantitative estimate of drug-likeness (QED) is 0.794. The SMILES string of the molecule is C[C@H]1CCC[C@H](C)N1c1ccc(N)cc1Br. The van der Waals surface area contributed by atoms with Crippen molar-refractivity contribution in [3.05, 3.63) is 22.7 Å². The molecule has 2 atom stereocenters. The van der Waals surface area contributed by atoms with Crippen LogP contribution >= 0.6 is 15.9 Å². The molecule has 2 N–H and O–H groups in total. The summed E-state index contributed by atoms with van der Waals surface area (Å²) in [6, 6.07) is 7.32. The van der Waals surface area contributed by atoms with Crippen molar-refractivity contribution in [1.82, 2.24) is 0 Å². The van der Waals surface area contributed by atoms with Crippen LogP contribution in [-0.2, 0) is 0 Å². The highest BCUT2D eigenvalue weighted by Gasteiger charge is 2.25. The maximum absolute atomic E-state index is 5.78. The second-order valence-electron chi connectivity index (χ2n) is 4.75. The minimum absolute atomic E-state index is 0.615. The number of rotatable bonds is 1. The largest absolute Gasteiger partial charge is 0.399 e. The van der Waals surface area contributed by atoms with Gasteiger partial charge in [0.05, 0.1) is 5.69 Å². The smallest absolute Gasteiger partial charge is 0.0517 e. The van der Waals surface area contributed by atoms with E-state index in [1.165, 1.54) is 24.9 Å². The van der Waals surface area contributed by atoms with E-state index in [2.05, 4.69) is 40.7 Å². The zero-order valence-electron chi connectivity index (χ0n) is 9.91. The molecule has 1 fully saturated rings. The number of hydrogen-bond donors (Lipinski definition) is 1. The molecule has 0 aromatic heterocycles. The number of benzene rings is 1. The Morgan fingerprint density at radius 3 is 2.44 bits per heavy atom. The molecule has 2 rings (SSSR count). The first-order valence-electron chi connectivity index (χ1n) is 5.93. The molecule has 0 aliphatic carbocycles. The van der Waals surface area contributed by atoms with Crippen molar-refractivity contribution in [2.45, 2.75) is 45.2 Å². The fraction of sp³-hybridized carbons (Fsp3) is 0.538. The molecule has 1 aromatic rings. The average Bonchev–Trinajstić information content (AvgIpc) is 2.20. The Bertz CT molecular complexity index is 368. The van der Waals surface area contributed by atoms with Crippen molar-refractivity contribution in [3.63, 3.8) is 0 Å². The van der Waals surface area contributed by atoms with E-state index in [0.29, 0.717) is 12.1 Å². The van der Waals surface area contributed by atoms with Crippen LogP contribution in [0.3, 0.4) is 0 Å². The molecule has 3 heteroatoms. The van der Waals surface area contributed by atoms with Crippen molar-refractivity contribution >= 4 is 27.3 Å². The maximum Gasteiger partial charge on any atom is 0.0517 e. The van der Waals surface area contributed by atoms with Gasteiger partial charge in [0.15, 0.2) is 0 Å². The summed E-state index contributed by atoms with van der Waals surface area (Å²) in [6.45, 7) is 4.61. The van der Waals surface area contributed by atoms with E-state index in [1.54, 1.807) is 0 Å². The fourth-order valence-corrected chi connectivity index (χ4v) is 3.23. The Kier molecular flexibility index (Phi) is 3.43. The van der Waals surface area contributed by atoms with Crippen LogP contribution in [0.4, 0.5) is 11.4 Å². The predicted molar refractivity (Wildman–Crippen MR) is 73.8 cm³/mol. The molecule has 0 bridgehead atoms. The summed E-state index contributed by atoms with van der Waals surface area (Å²) in [5.74, 6) is 0. The number of nitrogen functional groups attached to an aromatic ring is 1. The molecule has 1 aliphatic rings. The average molecular weight is 283 g/mol. The van der Waals surface area contributed by atoms with E-state index in [1.807, 2.05) is 12.1 Å². The first-order chi connectivity index (χ1) is 7.59. The number of halogens is 1. The molecule has 1 saturated heterocycles. The van der Waals surface area contributed by atoms with Gasteiger partial charge < -0.3 is 10.6 Å². The third-order valence-electron chi connectivity index (χ3n) is 3.44. The molecule has 1 aliphatic heterocycles. The third-order valence-corrected chi connectivity index (χ3v) is 4.08. The monoisotopic (exact) mass is 282 g/mol. The predicted octanol–water partition coefficient (Wildman–Crippen LogP) is 3.80. The minimum Gasteiger partial charge on any atom is -0.399 e. The molecule has 1 heterocycles. The Hall–Kier alpha value is -0.700. The van der Waals surface area contributed by atoms with Gasteiger partial charge in [0, 0.05) is 22.2 Å². The number of piperidine rings is 1. The topological polar surface area (TPSA) is 29.3 Å². The molecule has 0 unspecified atom stereocenters. The highest BCUT2D eigenvalue weighted by molar-refractivity contribution is 9.10. The molecule has 2 nitrogen and oxygen atoms in total. The lowest BCUT2D eigenvalue weighted by Gasteiger charge is -2.41. The lowest BCUT2D eigenvalue weighted by molar-refractivity contribution is 0.414. The maximum atomic E-state index is 5.78. The van der Waals surface area contributed by atoms with Gasteiger partial charge in [-0.25, -0.2) is 0 Å². The van der Waals surface area contributed by atoms with Gasteiger partial charge in [-0.2, -0.15) is 0 Å². The van der Waals surface area contributed by atoms with Crippen LogP contribution < -0.4 is 10.6 Å². The van der Waals surface area contributed by atoms with E-state index in [-0.39, 0.29) is 0 Å². The van der Waals surface area contributed by atoms with Crippen LogP contribution in [0.2, 0.25) is 0 Å². The minimum atomic E-state index is 0.615. The number of anilines is 2. The van der Waals surface area contributed by atoms with Crippen LogP contribution in [0.1, 0.15) is 33.1 Å². The van der Waals surface area contributed by atoms with E-state index < -0.39 is 0 Å². The first-order valence-corrected chi connectivity index (χ1v) is 6.72. The normalized spacial score (nSPS) is 25.8. The van der Waals surface area contributed by atoms with E-state index >= 15 is 0 Å². The van der Waals surface area contributed by atoms with Crippen LogP contribution in [0, 0.1) is 0 Å². The molecule has 88 valence electrons. The van der Waals surface area contributed by atoms with Crippen molar-refractivity contribution in [1.29, 1.82) is 0 Å². The summed E-state index contributed by atoms with van der Waals surface area (Å²) >= 11 is 3.62. The van der Waals surface area contributed by atoms with Gasteiger partial charge in [-0.05, 0) is 67.2 Å². The van der Waals surface area contributed by atoms with E-state index in [9.17, 15) is 0 Å². The number of nitrogens with zero attached hydrogens (tertiary/aromatic N) is 1. The molecular formula is C13H19BrN2. The Labute approximate surface area is 106 Å². The van der Waals surface area contributed by atoms with Gasteiger partial charge in [0.25, 0.3) is 0 Å². The van der Waals surface area contributed by atoms with E-state index in [0.717, 1.165) is 10.2 Å². The van der Waals surface area contributed by atoms with Crippen molar-refractivity contribution < 1.29 is 0 Å². The van der Waals surface area contributed by atoms with Crippen LogP contribution in [0.15, 0.2) is 22.7 Å². The van der Waals surface area contributed by atoms with Gasteiger partial charge in [-0.15, -0.1) is 0 Å². The number of hydrogen-bond acceptors (Lipinski definition) is 2. The molecule has 1 aromatic carbocycles. The summed E-state index contributed by atoms with van der Waals surface area (Å²) in [6.07, 6.45) is 3.90. The van der Waals surface area contributed by atoms with Crippen molar-refractivity contribution in [2.75, 3.05) is 10.6 Å². The molecule has 0 amide bonds. The van der Waals surface area contributed by atoms with Gasteiger partial charge in [0.2, 0.25) is 0 Å². The lowest BCUT2D eigenvalue weighted by atomic mass is 9.96. The summed E-state index contributed by atoms with van der Waals surface area (Å²) in [5, 5.41) is 0. The second kappa shape index (κ2) is 4.66. The van der Waals surface area contributed by atoms with Gasteiger partial charge >= 0.3 is 0 Å². The van der Waals surface area contributed by atoms with Gasteiger partial charge in [0.1, 0.15) is 0 Å². The van der Waals surface area contributed by atoms with E-state index in [4.69, 9.17) is 5.73 Å². The molecular weight excluding hydrogens is 264 g/mol. The second-order valence-corrected chi connectivity index (χ2v) is 5.60. The Morgan fingerprint density at radius 1 is 1.25 bits per heavy atom. The van der Waals surface area contributed by atoms with Crippen LogP contribution in [-0.4, -0.2) is 12.1 Å². The summed E-state index contributed by atoms with van der Waals surface area (Å²) in [7, 11) is 0. The lowest BCUT2D eigenvalue weighted by Crippen LogP contribution is -2.44. The van der Waals surface area contributed by atoms with Gasteiger partial charge in [-0.1, -0.05) is 0 Å². The zero-order valence-corrected chi connectivity index (χ0v) is 11.5. The van der Waals surface area contributed by atoms with Crippen molar-refractivity contribution in [2.24, 2.45) is 0 Å². The van der Waals surface area contributed by atoms with Crippen molar-refractivity contribution in [3.8, 4) is 0 Å².